The van der Waals surface area contributed by atoms with Crippen molar-refractivity contribution < 1.29 is 0 Å². The summed E-state index contributed by atoms with van der Waals surface area (Å²) in [6, 6.07) is 6.89. The Kier molecular flexibility index (Phi) is 4.95. The summed E-state index contributed by atoms with van der Waals surface area (Å²) in [5.74, 6) is 0. The summed E-state index contributed by atoms with van der Waals surface area (Å²) in [6.07, 6.45) is 6.91. The van der Waals surface area contributed by atoms with Crippen LogP contribution in [0.5, 0.6) is 0 Å². The maximum atomic E-state index is 4.35. The third kappa shape index (κ3) is 4.44. The van der Waals surface area contributed by atoms with Crippen molar-refractivity contribution in [2.24, 2.45) is 0 Å². The van der Waals surface area contributed by atoms with E-state index >= 15 is 0 Å². The summed E-state index contributed by atoms with van der Waals surface area (Å²) >= 11 is 0. The van der Waals surface area contributed by atoms with E-state index in [1.54, 1.807) is 0 Å². The number of hydrogen-bond donors (Lipinski definition) is 1. The van der Waals surface area contributed by atoms with Crippen molar-refractivity contribution in [3.63, 3.8) is 0 Å². The van der Waals surface area contributed by atoms with Gasteiger partial charge in [0.25, 0.3) is 0 Å². The van der Waals surface area contributed by atoms with Crippen LogP contribution in [0, 0.1) is 0 Å². The molecule has 3 heteroatoms. The zero-order chi connectivity index (χ0) is 11.9. The first-order valence-corrected chi connectivity index (χ1v) is 6.66. The molecule has 1 saturated heterocycles. The van der Waals surface area contributed by atoms with E-state index in [0.717, 1.165) is 19.0 Å². The van der Waals surface area contributed by atoms with Gasteiger partial charge in [-0.2, -0.15) is 0 Å². The smallest absolute Gasteiger partial charge is 0.0416 e. The first kappa shape index (κ1) is 12.5. The van der Waals surface area contributed by atoms with Gasteiger partial charge in [0, 0.05) is 30.9 Å². The molecule has 0 radical (unpaired) electrons. The molecule has 17 heavy (non-hydrogen) atoms. The Hall–Kier alpha value is -0.930. The fourth-order valence-electron chi connectivity index (χ4n) is 2.34. The molecular weight excluding hydrogens is 210 g/mol. The molecule has 0 spiro atoms. The minimum absolute atomic E-state index is 0.757. The molecule has 0 aromatic carbocycles. The highest BCUT2D eigenvalue weighted by molar-refractivity contribution is 5.03. The van der Waals surface area contributed by atoms with Gasteiger partial charge in [0.15, 0.2) is 0 Å². The molecule has 3 nitrogen and oxygen atoms in total. The molecule has 0 bridgehead atoms. The highest BCUT2D eigenvalue weighted by atomic mass is 15.1. The number of hydrogen-bond acceptors (Lipinski definition) is 3. The number of likely N-dealkylation sites (N-methyl/N-ethyl adjacent to an activating group) is 1. The number of rotatable bonds is 6. The largest absolute Gasteiger partial charge is 0.314 e. The van der Waals surface area contributed by atoms with E-state index in [1.807, 2.05) is 12.3 Å². The van der Waals surface area contributed by atoms with Gasteiger partial charge in [-0.05, 0) is 51.5 Å². The molecule has 0 amide bonds. The highest BCUT2D eigenvalue weighted by Gasteiger charge is 2.13. The molecule has 1 aliphatic heterocycles. The summed E-state index contributed by atoms with van der Waals surface area (Å²) in [5, 5.41) is 3.55. The van der Waals surface area contributed by atoms with Crippen LogP contribution in [-0.2, 0) is 6.42 Å². The monoisotopic (exact) mass is 233 g/mol. The van der Waals surface area contributed by atoms with Gasteiger partial charge in [0.1, 0.15) is 0 Å². The molecule has 2 rings (SSSR count). The maximum absolute atomic E-state index is 4.35. The molecule has 0 aliphatic carbocycles. The van der Waals surface area contributed by atoms with Crippen LogP contribution in [0.2, 0.25) is 0 Å². The number of nitrogens with one attached hydrogen (secondary N) is 1. The Labute approximate surface area is 104 Å². The molecule has 1 aromatic heterocycles. The predicted molar refractivity (Wildman–Crippen MR) is 71.1 cm³/mol. The topological polar surface area (TPSA) is 28.2 Å². The lowest BCUT2D eigenvalue weighted by Crippen LogP contribution is -2.29. The number of nitrogens with zero attached hydrogens (tertiary/aromatic N) is 2. The van der Waals surface area contributed by atoms with Crippen molar-refractivity contribution in [1.82, 2.24) is 15.2 Å². The average molecular weight is 233 g/mol. The fraction of sp³-hybridized carbons (Fsp3) is 0.643. The zero-order valence-electron chi connectivity index (χ0n) is 10.7. The van der Waals surface area contributed by atoms with E-state index in [-0.39, 0.29) is 0 Å². The van der Waals surface area contributed by atoms with Crippen molar-refractivity contribution in [2.75, 3.05) is 26.7 Å². The second-order valence-electron chi connectivity index (χ2n) is 4.96. The normalized spacial score (nSPS) is 20.0. The molecular formula is C14H23N3. The van der Waals surface area contributed by atoms with Crippen LogP contribution in [0.1, 0.15) is 25.0 Å². The van der Waals surface area contributed by atoms with E-state index in [2.05, 4.69) is 34.4 Å². The van der Waals surface area contributed by atoms with Crippen molar-refractivity contribution in [1.29, 1.82) is 0 Å². The molecule has 94 valence electrons. The maximum Gasteiger partial charge on any atom is 0.0416 e. The second-order valence-corrected chi connectivity index (χ2v) is 4.96. The first-order valence-electron chi connectivity index (χ1n) is 6.66. The Morgan fingerprint density at radius 1 is 1.41 bits per heavy atom. The third-order valence-electron chi connectivity index (χ3n) is 3.50. The SMILES string of the molecule is CN(CCc1ccccn1)CCC1CCCN1. The Balaban J connectivity index is 1.62. The number of pyridine rings is 1. The van der Waals surface area contributed by atoms with E-state index in [1.165, 1.54) is 38.0 Å². The lowest BCUT2D eigenvalue weighted by molar-refractivity contribution is 0.315. The van der Waals surface area contributed by atoms with Crippen LogP contribution in [0.3, 0.4) is 0 Å². The van der Waals surface area contributed by atoms with Crippen molar-refractivity contribution in [3.05, 3.63) is 30.1 Å². The molecule has 1 unspecified atom stereocenters. The summed E-state index contributed by atoms with van der Waals surface area (Å²) in [5.41, 5.74) is 1.19. The van der Waals surface area contributed by atoms with Crippen LogP contribution in [0.4, 0.5) is 0 Å². The van der Waals surface area contributed by atoms with E-state index in [9.17, 15) is 0 Å². The minimum Gasteiger partial charge on any atom is -0.314 e. The van der Waals surface area contributed by atoms with Crippen LogP contribution in [0.25, 0.3) is 0 Å². The van der Waals surface area contributed by atoms with Gasteiger partial charge in [0.05, 0.1) is 0 Å². The van der Waals surface area contributed by atoms with Gasteiger partial charge < -0.3 is 10.2 Å². The van der Waals surface area contributed by atoms with Gasteiger partial charge in [-0.15, -0.1) is 0 Å². The van der Waals surface area contributed by atoms with E-state index in [0.29, 0.717) is 0 Å². The highest BCUT2D eigenvalue weighted by Crippen LogP contribution is 2.09. The zero-order valence-corrected chi connectivity index (χ0v) is 10.7. The lowest BCUT2D eigenvalue weighted by Gasteiger charge is -2.18. The van der Waals surface area contributed by atoms with Crippen molar-refractivity contribution in [3.8, 4) is 0 Å². The van der Waals surface area contributed by atoms with Gasteiger partial charge in [-0.3, -0.25) is 4.98 Å². The van der Waals surface area contributed by atoms with Gasteiger partial charge in [-0.1, -0.05) is 6.07 Å². The fourth-order valence-corrected chi connectivity index (χ4v) is 2.34. The van der Waals surface area contributed by atoms with Crippen LogP contribution in [0.15, 0.2) is 24.4 Å². The van der Waals surface area contributed by atoms with Gasteiger partial charge in [0.2, 0.25) is 0 Å². The van der Waals surface area contributed by atoms with E-state index < -0.39 is 0 Å². The molecule has 1 atom stereocenters. The quantitative estimate of drug-likeness (QED) is 0.810. The Morgan fingerprint density at radius 2 is 2.35 bits per heavy atom. The van der Waals surface area contributed by atoms with Gasteiger partial charge in [-0.25, -0.2) is 0 Å². The standard InChI is InChI=1S/C14H23N3/c1-17(12-8-14-6-4-10-16-14)11-7-13-5-2-3-9-15-13/h2-3,5,9,14,16H,4,6-8,10-12H2,1H3. The molecule has 1 N–H and O–H groups in total. The molecule has 1 fully saturated rings. The molecule has 1 aromatic rings. The van der Waals surface area contributed by atoms with E-state index in [4.69, 9.17) is 0 Å². The van der Waals surface area contributed by atoms with Crippen LogP contribution in [-0.4, -0.2) is 42.6 Å². The molecule has 0 saturated carbocycles. The summed E-state index contributed by atoms with van der Waals surface area (Å²) in [7, 11) is 2.21. The van der Waals surface area contributed by atoms with Gasteiger partial charge >= 0.3 is 0 Å². The number of aromatic nitrogens is 1. The summed E-state index contributed by atoms with van der Waals surface area (Å²) in [4.78, 5) is 6.76. The van der Waals surface area contributed by atoms with Crippen molar-refractivity contribution >= 4 is 0 Å². The summed E-state index contributed by atoms with van der Waals surface area (Å²) in [6.45, 7) is 3.50. The third-order valence-corrected chi connectivity index (χ3v) is 3.50. The minimum atomic E-state index is 0.757. The van der Waals surface area contributed by atoms with Crippen LogP contribution < -0.4 is 5.32 Å². The predicted octanol–water partition coefficient (Wildman–Crippen LogP) is 1.70. The molecule has 1 aliphatic rings. The summed E-state index contributed by atoms with van der Waals surface area (Å²) < 4.78 is 0. The van der Waals surface area contributed by atoms with Crippen LogP contribution >= 0.6 is 0 Å². The Morgan fingerprint density at radius 3 is 3.06 bits per heavy atom. The average Bonchev–Trinajstić information content (AvgIpc) is 2.88. The lowest BCUT2D eigenvalue weighted by atomic mass is 10.1. The second kappa shape index (κ2) is 6.72. The Bertz CT molecular complexity index is 307. The molecule has 2 heterocycles. The van der Waals surface area contributed by atoms with Crippen molar-refractivity contribution in [2.45, 2.75) is 31.7 Å². The first-order chi connectivity index (χ1) is 8.34.